The average Bonchev–Trinajstić information content (AvgIpc) is 2.98. The number of fused-ring (bicyclic) bond motifs is 5. The molecule has 0 radical (unpaired) electrons. The summed E-state index contributed by atoms with van der Waals surface area (Å²) in [7, 11) is 1.80. The van der Waals surface area contributed by atoms with Gasteiger partial charge in [0.1, 0.15) is 11.2 Å². The quantitative estimate of drug-likeness (QED) is 0.846. The van der Waals surface area contributed by atoms with E-state index in [1.54, 1.807) is 17.9 Å². The first kappa shape index (κ1) is 16.0. The molecule has 3 fully saturated rings. The van der Waals surface area contributed by atoms with Gasteiger partial charge in [-0.05, 0) is 31.1 Å². The van der Waals surface area contributed by atoms with Crippen LogP contribution in [0.2, 0.25) is 0 Å². The number of amides is 1. The number of hydrogen-bond donors (Lipinski definition) is 1. The van der Waals surface area contributed by atoms with E-state index in [1.165, 1.54) is 6.42 Å². The Kier molecular flexibility index (Phi) is 3.63. The van der Waals surface area contributed by atoms with Gasteiger partial charge in [0.15, 0.2) is 5.65 Å². The highest BCUT2D eigenvalue weighted by molar-refractivity contribution is 5.77. The first-order chi connectivity index (χ1) is 12.6. The molecule has 0 spiro atoms. The van der Waals surface area contributed by atoms with Crippen LogP contribution in [0.3, 0.4) is 0 Å². The molecule has 5 rings (SSSR count). The van der Waals surface area contributed by atoms with E-state index in [2.05, 4.69) is 24.9 Å². The Labute approximate surface area is 151 Å². The van der Waals surface area contributed by atoms with Crippen LogP contribution < -0.4 is 5.56 Å². The van der Waals surface area contributed by atoms with Crippen molar-refractivity contribution >= 4 is 16.9 Å². The molecule has 0 saturated carbocycles. The minimum absolute atomic E-state index is 0.126. The molecule has 8 heteroatoms. The molecule has 3 saturated heterocycles. The highest BCUT2D eigenvalue weighted by Gasteiger charge is 2.43. The van der Waals surface area contributed by atoms with E-state index in [-0.39, 0.29) is 5.56 Å². The van der Waals surface area contributed by atoms with Crippen molar-refractivity contribution in [1.82, 2.24) is 29.5 Å². The number of nitrogens with zero attached hydrogens (tertiary/aromatic N) is 5. The third-order valence-electron chi connectivity index (χ3n) is 6.28. The lowest BCUT2D eigenvalue weighted by Crippen LogP contribution is -2.60. The number of likely N-dealkylation sites (tertiary alicyclic amines) is 1. The molecule has 2 aromatic rings. The van der Waals surface area contributed by atoms with Gasteiger partial charge < -0.3 is 9.88 Å². The minimum Gasteiger partial charge on any atom is -0.339 e. The van der Waals surface area contributed by atoms with Gasteiger partial charge in [0, 0.05) is 39.1 Å². The summed E-state index contributed by atoms with van der Waals surface area (Å²) in [6.45, 7) is 3.46. The Morgan fingerprint density at radius 2 is 2.15 bits per heavy atom. The van der Waals surface area contributed by atoms with E-state index in [4.69, 9.17) is 0 Å². The summed E-state index contributed by atoms with van der Waals surface area (Å²) in [6, 6.07) is 0.405. The fraction of sp³-hybridized carbons (Fsp3) is 0.667. The molecule has 1 amide bonds. The van der Waals surface area contributed by atoms with Crippen molar-refractivity contribution in [1.29, 1.82) is 0 Å². The zero-order valence-corrected chi connectivity index (χ0v) is 15.0. The van der Waals surface area contributed by atoms with Crippen molar-refractivity contribution in [3.05, 3.63) is 22.4 Å². The Balaban J connectivity index is 1.37. The molecular formula is C18H24N6O2. The first-order valence-corrected chi connectivity index (χ1v) is 9.51. The summed E-state index contributed by atoms with van der Waals surface area (Å²) in [5.74, 6) is 2.11. The number of hydrogen-bond acceptors (Lipinski definition) is 5. The second kappa shape index (κ2) is 5.90. The summed E-state index contributed by atoms with van der Waals surface area (Å²) >= 11 is 0. The molecule has 0 aromatic carbocycles. The maximum absolute atomic E-state index is 12.3. The van der Waals surface area contributed by atoms with Gasteiger partial charge in [0.2, 0.25) is 5.91 Å². The van der Waals surface area contributed by atoms with Gasteiger partial charge in [-0.15, -0.1) is 0 Å². The Hall–Kier alpha value is -2.22. The Morgan fingerprint density at radius 3 is 3.04 bits per heavy atom. The second-order valence-corrected chi connectivity index (χ2v) is 8.08. The number of carbonyl (C=O) groups excluding carboxylic acids is 1. The van der Waals surface area contributed by atoms with E-state index >= 15 is 0 Å². The van der Waals surface area contributed by atoms with Crippen LogP contribution >= 0.6 is 0 Å². The Bertz CT molecular complexity index is 918. The van der Waals surface area contributed by atoms with Crippen LogP contribution in [0, 0.1) is 11.8 Å². The van der Waals surface area contributed by atoms with Crippen molar-refractivity contribution in [2.24, 2.45) is 18.9 Å². The van der Waals surface area contributed by atoms with E-state index < -0.39 is 0 Å². The number of aryl methyl sites for hydroxylation is 1. The van der Waals surface area contributed by atoms with Gasteiger partial charge in [0.25, 0.3) is 5.56 Å². The van der Waals surface area contributed by atoms with Gasteiger partial charge >= 0.3 is 0 Å². The van der Waals surface area contributed by atoms with Crippen molar-refractivity contribution in [2.45, 2.75) is 38.3 Å². The predicted molar refractivity (Wildman–Crippen MR) is 95.4 cm³/mol. The topological polar surface area (TPSA) is 87.1 Å². The number of H-pyrrole nitrogens is 1. The van der Waals surface area contributed by atoms with Crippen LogP contribution in [0.15, 0.2) is 11.0 Å². The molecule has 0 aliphatic carbocycles. The van der Waals surface area contributed by atoms with Crippen LogP contribution in [-0.4, -0.2) is 61.1 Å². The summed E-state index contributed by atoms with van der Waals surface area (Å²) in [6.07, 6.45) is 5.65. The first-order valence-electron chi connectivity index (χ1n) is 9.51. The molecule has 2 aromatic heterocycles. The fourth-order valence-corrected chi connectivity index (χ4v) is 5.21. The van der Waals surface area contributed by atoms with Crippen molar-refractivity contribution < 1.29 is 4.79 Å². The average molecular weight is 356 g/mol. The second-order valence-electron chi connectivity index (χ2n) is 8.08. The summed E-state index contributed by atoms with van der Waals surface area (Å²) < 4.78 is 1.64. The third kappa shape index (κ3) is 2.55. The molecular weight excluding hydrogens is 332 g/mol. The number of aromatic nitrogens is 4. The normalized spacial score (nSPS) is 29.2. The maximum atomic E-state index is 12.3. The summed E-state index contributed by atoms with van der Waals surface area (Å²) in [5, 5.41) is 4.66. The van der Waals surface area contributed by atoms with Gasteiger partial charge in [-0.2, -0.15) is 5.10 Å². The summed E-state index contributed by atoms with van der Waals surface area (Å²) in [4.78, 5) is 36.6. The molecule has 5 heterocycles. The van der Waals surface area contributed by atoms with Crippen LogP contribution in [0.5, 0.6) is 0 Å². The highest BCUT2D eigenvalue weighted by Crippen LogP contribution is 2.38. The minimum atomic E-state index is -0.126. The van der Waals surface area contributed by atoms with Gasteiger partial charge in [-0.3, -0.25) is 19.2 Å². The zero-order chi connectivity index (χ0) is 17.8. The number of piperidine rings is 3. The van der Waals surface area contributed by atoms with Gasteiger partial charge in [-0.25, -0.2) is 4.98 Å². The lowest BCUT2D eigenvalue weighted by atomic mass is 9.76. The van der Waals surface area contributed by atoms with Gasteiger partial charge in [0.05, 0.1) is 12.7 Å². The lowest BCUT2D eigenvalue weighted by Gasteiger charge is -2.52. The van der Waals surface area contributed by atoms with Crippen LogP contribution in [-0.2, 0) is 18.4 Å². The SMILES string of the molecule is Cn1ncc2c(=O)[nH]c(CN3CC4CC(C3)[C@@H]3CCCC(=O)N3C4)nc21. The van der Waals surface area contributed by atoms with E-state index in [9.17, 15) is 9.59 Å². The molecule has 138 valence electrons. The van der Waals surface area contributed by atoms with Gasteiger partial charge in [-0.1, -0.05) is 0 Å². The molecule has 2 bridgehead atoms. The number of rotatable bonds is 2. The van der Waals surface area contributed by atoms with Crippen LogP contribution in [0.1, 0.15) is 31.5 Å². The molecule has 2 unspecified atom stereocenters. The standard InChI is InChI=1S/C18H24N6O2/c1-22-17-13(6-19-22)18(26)21-15(20-17)10-23-7-11-5-12(9-23)14-3-2-4-16(25)24(14)8-11/h6,11-12,14H,2-5,7-10H2,1H3,(H,20,21,26)/t11?,12?,14-/m0/s1. The highest BCUT2D eigenvalue weighted by atomic mass is 16.2. The molecule has 3 aliphatic heterocycles. The number of aromatic amines is 1. The molecule has 8 nitrogen and oxygen atoms in total. The largest absolute Gasteiger partial charge is 0.339 e. The molecule has 1 N–H and O–H groups in total. The third-order valence-corrected chi connectivity index (χ3v) is 6.28. The number of carbonyl (C=O) groups is 1. The molecule has 3 aliphatic rings. The smallest absolute Gasteiger partial charge is 0.262 e. The van der Waals surface area contributed by atoms with Crippen LogP contribution in [0.25, 0.3) is 11.0 Å². The van der Waals surface area contributed by atoms with Crippen molar-refractivity contribution in [3.8, 4) is 0 Å². The van der Waals surface area contributed by atoms with E-state index in [0.717, 1.165) is 38.9 Å². The predicted octanol–water partition coefficient (Wildman–Crippen LogP) is 0.489. The molecule has 3 atom stereocenters. The lowest BCUT2D eigenvalue weighted by molar-refractivity contribution is -0.145. The Morgan fingerprint density at radius 1 is 1.27 bits per heavy atom. The van der Waals surface area contributed by atoms with E-state index in [1.807, 2.05) is 0 Å². The monoisotopic (exact) mass is 356 g/mol. The molecule has 26 heavy (non-hydrogen) atoms. The van der Waals surface area contributed by atoms with Crippen LogP contribution in [0.4, 0.5) is 0 Å². The zero-order valence-electron chi connectivity index (χ0n) is 15.0. The fourth-order valence-electron chi connectivity index (χ4n) is 5.21. The van der Waals surface area contributed by atoms with E-state index in [0.29, 0.717) is 47.2 Å². The van der Waals surface area contributed by atoms with Crippen molar-refractivity contribution in [2.75, 3.05) is 19.6 Å². The number of nitrogens with one attached hydrogen (secondary N) is 1. The summed E-state index contributed by atoms with van der Waals surface area (Å²) in [5.41, 5.74) is 0.504. The van der Waals surface area contributed by atoms with Crippen molar-refractivity contribution in [3.63, 3.8) is 0 Å². The maximum Gasteiger partial charge on any atom is 0.262 e.